The molecule has 0 aromatic heterocycles. The maximum atomic E-state index is 5.74. The summed E-state index contributed by atoms with van der Waals surface area (Å²) in [6, 6.07) is 0.604. The number of hydrogen-bond donors (Lipinski definition) is 1. The van der Waals surface area contributed by atoms with E-state index >= 15 is 0 Å². The van der Waals surface area contributed by atoms with Crippen LogP contribution in [0.2, 0.25) is 0 Å². The highest BCUT2D eigenvalue weighted by molar-refractivity contribution is 4.85. The van der Waals surface area contributed by atoms with Crippen LogP contribution in [0.15, 0.2) is 0 Å². The van der Waals surface area contributed by atoms with Crippen molar-refractivity contribution in [2.75, 3.05) is 33.0 Å². The lowest BCUT2D eigenvalue weighted by atomic mass is 9.90. The van der Waals surface area contributed by atoms with Crippen LogP contribution in [0.1, 0.15) is 46.0 Å². The van der Waals surface area contributed by atoms with Gasteiger partial charge in [0.05, 0.1) is 19.8 Å². The zero-order chi connectivity index (χ0) is 13.6. The average molecular weight is 271 g/mol. The highest BCUT2D eigenvalue weighted by atomic mass is 16.7. The predicted molar refractivity (Wildman–Crippen MR) is 75.2 cm³/mol. The van der Waals surface area contributed by atoms with Crippen LogP contribution in [0.4, 0.5) is 0 Å². The first kappa shape index (κ1) is 15.2. The van der Waals surface area contributed by atoms with Gasteiger partial charge >= 0.3 is 0 Å². The molecule has 0 aromatic carbocycles. The van der Waals surface area contributed by atoms with Gasteiger partial charge < -0.3 is 19.5 Å². The van der Waals surface area contributed by atoms with Crippen LogP contribution in [-0.4, -0.2) is 44.8 Å². The van der Waals surface area contributed by atoms with E-state index in [9.17, 15) is 0 Å². The molecule has 2 aliphatic rings. The second-order valence-corrected chi connectivity index (χ2v) is 6.13. The molecule has 1 saturated carbocycles. The maximum absolute atomic E-state index is 5.74. The van der Waals surface area contributed by atoms with E-state index in [0.29, 0.717) is 6.04 Å². The van der Waals surface area contributed by atoms with Gasteiger partial charge in [0.1, 0.15) is 0 Å². The summed E-state index contributed by atoms with van der Waals surface area (Å²) in [5.74, 6) is 0.500. The molecule has 1 aliphatic carbocycles. The lowest BCUT2D eigenvalue weighted by Crippen LogP contribution is -2.42. The van der Waals surface area contributed by atoms with Crippen LogP contribution in [0.25, 0.3) is 0 Å². The van der Waals surface area contributed by atoms with Crippen LogP contribution < -0.4 is 5.32 Å². The van der Waals surface area contributed by atoms with Crippen LogP contribution in [0, 0.1) is 5.92 Å². The summed E-state index contributed by atoms with van der Waals surface area (Å²) >= 11 is 0. The molecule has 4 heteroatoms. The van der Waals surface area contributed by atoms with Crippen molar-refractivity contribution in [1.29, 1.82) is 0 Å². The highest BCUT2D eigenvalue weighted by Crippen LogP contribution is 2.35. The molecular weight excluding hydrogens is 242 g/mol. The summed E-state index contributed by atoms with van der Waals surface area (Å²) in [7, 11) is 0. The Morgan fingerprint density at radius 1 is 1.16 bits per heavy atom. The van der Waals surface area contributed by atoms with Crippen molar-refractivity contribution < 1.29 is 14.2 Å². The Bertz CT molecular complexity index is 242. The SMILES string of the molecule is CC(C)CCOCCNC1CCC2(CC1)OCCO2. The van der Waals surface area contributed by atoms with Gasteiger partial charge in [-0.1, -0.05) is 13.8 Å². The molecule has 0 radical (unpaired) electrons. The number of rotatable bonds is 7. The van der Waals surface area contributed by atoms with E-state index in [-0.39, 0.29) is 5.79 Å². The zero-order valence-electron chi connectivity index (χ0n) is 12.5. The molecule has 19 heavy (non-hydrogen) atoms. The monoisotopic (exact) mass is 271 g/mol. The number of nitrogens with one attached hydrogen (secondary N) is 1. The standard InChI is InChI=1S/C15H29NO3/c1-13(2)5-9-17-10-8-16-14-3-6-15(7-4-14)18-11-12-19-15/h13-14,16H,3-12H2,1-2H3. The van der Waals surface area contributed by atoms with E-state index in [0.717, 1.165) is 71.0 Å². The van der Waals surface area contributed by atoms with Crippen molar-refractivity contribution in [3.63, 3.8) is 0 Å². The lowest BCUT2D eigenvalue weighted by Gasteiger charge is -2.35. The molecule has 112 valence electrons. The van der Waals surface area contributed by atoms with E-state index in [2.05, 4.69) is 19.2 Å². The maximum Gasteiger partial charge on any atom is 0.168 e. The van der Waals surface area contributed by atoms with Gasteiger partial charge in [0.15, 0.2) is 5.79 Å². The first-order valence-corrected chi connectivity index (χ1v) is 7.79. The molecule has 0 unspecified atom stereocenters. The Kier molecular flexibility index (Phi) is 6.07. The van der Waals surface area contributed by atoms with E-state index in [4.69, 9.17) is 14.2 Å². The molecule has 1 heterocycles. The Labute approximate surface area is 117 Å². The van der Waals surface area contributed by atoms with Gasteiger partial charge in [0, 0.05) is 32.0 Å². The Balaban J connectivity index is 1.49. The summed E-state index contributed by atoms with van der Waals surface area (Å²) < 4.78 is 17.1. The second-order valence-electron chi connectivity index (χ2n) is 6.13. The average Bonchev–Trinajstić information content (AvgIpc) is 2.84. The number of ether oxygens (including phenoxy) is 3. The second kappa shape index (κ2) is 7.58. The van der Waals surface area contributed by atoms with Gasteiger partial charge in [0.2, 0.25) is 0 Å². The van der Waals surface area contributed by atoms with Crippen molar-refractivity contribution in [1.82, 2.24) is 5.32 Å². The van der Waals surface area contributed by atoms with Crippen molar-refractivity contribution in [3.05, 3.63) is 0 Å². The molecule has 1 aliphatic heterocycles. The number of hydrogen-bond acceptors (Lipinski definition) is 4. The van der Waals surface area contributed by atoms with E-state index in [1.165, 1.54) is 0 Å². The van der Waals surface area contributed by atoms with E-state index in [1.807, 2.05) is 0 Å². The van der Waals surface area contributed by atoms with Crippen LogP contribution in [0.3, 0.4) is 0 Å². The van der Waals surface area contributed by atoms with Gasteiger partial charge in [-0.05, 0) is 25.2 Å². The third kappa shape index (κ3) is 5.03. The molecule has 0 atom stereocenters. The highest BCUT2D eigenvalue weighted by Gasteiger charge is 2.39. The summed E-state index contributed by atoms with van der Waals surface area (Å²) in [4.78, 5) is 0. The molecule has 2 fully saturated rings. The van der Waals surface area contributed by atoms with Crippen molar-refractivity contribution in [2.45, 2.75) is 57.8 Å². The summed E-state index contributed by atoms with van der Waals surface area (Å²) in [6.07, 6.45) is 5.50. The van der Waals surface area contributed by atoms with Crippen LogP contribution in [-0.2, 0) is 14.2 Å². The fraction of sp³-hybridized carbons (Fsp3) is 1.00. The minimum Gasteiger partial charge on any atom is -0.380 e. The topological polar surface area (TPSA) is 39.7 Å². The Morgan fingerprint density at radius 2 is 1.84 bits per heavy atom. The predicted octanol–water partition coefficient (Wildman–Crippen LogP) is 2.32. The Morgan fingerprint density at radius 3 is 2.47 bits per heavy atom. The summed E-state index contributed by atoms with van der Waals surface area (Å²) in [5.41, 5.74) is 0. The third-order valence-corrected chi connectivity index (χ3v) is 4.08. The molecule has 1 spiro atoms. The smallest absolute Gasteiger partial charge is 0.168 e. The first-order valence-electron chi connectivity index (χ1n) is 7.79. The fourth-order valence-corrected chi connectivity index (χ4v) is 2.80. The first-order chi connectivity index (χ1) is 9.20. The van der Waals surface area contributed by atoms with Gasteiger partial charge in [0.25, 0.3) is 0 Å². The largest absolute Gasteiger partial charge is 0.380 e. The molecule has 0 bridgehead atoms. The van der Waals surface area contributed by atoms with Gasteiger partial charge in [-0.25, -0.2) is 0 Å². The molecular formula is C15H29NO3. The van der Waals surface area contributed by atoms with Gasteiger partial charge in [-0.2, -0.15) is 0 Å². The quantitative estimate of drug-likeness (QED) is 0.721. The normalized spacial score (nSPS) is 23.5. The van der Waals surface area contributed by atoms with E-state index in [1.54, 1.807) is 0 Å². The van der Waals surface area contributed by atoms with Gasteiger partial charge in [-0.15, -0.1) is 0 Å². The minimum atomic E-state index is -0.230. The molecule has 1 saturated heterocycles. The van der Waals surface area contributed by atoms with Crippen LogP contribution >= 0.6 is 0 Å². The Hall–Kier alpha value is -0.160. The van der Waals surface area contributed by atoms with Gasteiger partial charge in [-0.3, -0.25) is 0 Å². The molecule has 0 amide bonds. The van der Waals surface area contributed by atoms with Crippen molar-refractivity contribution >= 4 is 0 Å². The van der Waals surface area contributed by atoms with Crippen molar-refractivity contribution in [3.8, 4) is 0 Å². The molecule has 0 aromatic rings. The van der Waals surface area contributed by atoms with Crippen molar-refractivity contribution in [2.24, 2.45) is 5.92 Å². The molecule has 2 rings (SSSR count). The minimum absolute atomic E-state index is 0.230. The summed E-state index contributed by atoms with van der Waals surface area (Å²) in [6.45, 7) is 8.65. The lowest BCUT2D eigenvalue weighted by molar-refractivity contribution is -0.179. The molecule has 1 N–H and O–H groups in total. The third-order valence-electron chi connectivity index (χ3n) is 4.08. The van der Waals surface area contributed by atoms with Crippen LogP contribution in [0.5, 0.6) is 0 Å². The fourth-order valence-electron chi connectivity index (χ4n) is 2.80. The zero-order valence-corrected chi connectivity index (χ0v) is 12.5. The molecule has 4 nitrogen and oxygen atoms in total. The summed E-state index contributed by atoms with van der Waals surface area (Å²) in [5, 5.41) is 3.58. The van der Waals surface area contributed by atoms with E-state index < -0.39 is 0 Å².